The lowest BCUT2D eigenvalue weighted by Crippen LogP contribution is -2.34. The van der Waals surface area contributed by atoms with Crippen LogP contribution in [0.4, 0.5) is 0 Å². The van der Waals surface area contributed by atoms with Gasteiger partial charge in [-0.05, 0) is 16.5 Å². The summed E-state index contributed by atoms with van der Waals surface area (Å²) in [6, 6.07) is 7.98. The van der Waals surface area contributed by atoms with E-state index < -0.39 is 0 Å². The third-order valence-corrected chi connectivity index (χ3v) is 2.26. The van der Waals surface area contributed by atoms with Gasteiger partial charge in [0.1, 0.15) is 5.76 Å². The second-order valence-corrected chi connectivity index (χ2v) is 3.29. The molecule has 0 saturated carbocycles. The molecule has 3 nitrogen and oxygen atoms in total. The summed E-state index contributed by atoms with van der Waals surface area (Å²) in [6.45, 7) is 5.35. The van der Waals surface area contributed by atoms with Crippen LogP contribution in [0.25, 0.3) is 11.6 Å². The van der Waals surface area contributed by atoms with E-state index in [1.54, 1.807) is 6.92 Å². The van der Waals surface area contributed by atoms with Crippen molar-refractivity contribution in [1.82, 2.24) is 0 Å². The van der Waals surface area contributed by atoms with Gasteiger partial charge in [-0.2, -0.15) is 0 Å². The van der Waals surface area contributed by atoms with Crippen LogP contribution in [0.1, 0.15) is 6.92 Å². The van der Waals surface area contributed by atoms with Gasteiger partial charge >= 0.3 is 0 Å². The molecule has 3 heteroatoms. The van der Waals surface area contributed by atoms with Gasteiger partial charge in [0.15, 0.2) is 0 Å². The van der Waals surface area contributed by atoms with Crippen LogP contribution in [0.15, 0.2) is 41.8 Å². The number of ether oxygens (including phenoxy) is 1. The van der Waals surface area contributed by atoms with Crippen LogP contribution < -0.4 is 10.4 Å². The number of rotatable bonds is 2. The molecule has 0 amide bonds. The first-order chi connectivity index (χ1) is 7.22. The fraction of sp³-hybridized carbons (Fsp3) is 0.0833. The van der Waals surface area contributed by atoms with Gasteiger partial charge < -0.3 is 9.94 Å². The Bertz CT molecular complexity index is 555. The Morgan fingerprint density at radius 1 is 1.40 bits per heavy atom. The Morgan fingerprint density at radius 3 is 2.80 bits per heavy atom. The fourth-order valence-corrected chi connectivity index (χ4v) is 1.51. The zero-order chi connectivity index (χ0) is 10.8. The molecule has 0 radical (unpaired) electrons. The highest BCUT2D eigenvalue weighted by molar-refractivity contribution is 5.92. The maximum Gasteiger partial charge on any atom is 0.227 e. The molecular weight excluding hydrogens is 190 g/mol. The molecule has 2 rings (SSSR count). The van der Waals surface area contributed by atoms with E-state index in [-0.39, 0.29) is 5.90 Å². The van der Waals surface area contributed by atoms with Gasteiger partial charge in [-0.25, -0.2) is 0 Å². The van der Waals surface area contributed by atoms with E-state index in [0.29, 0.717) is 5.76 Å². The van der Waals surface area contributed by atoms with E-state index in [2.05, 4.69) is 11.7 Å². The van der Waals surface area contributed by atoms with Crippen molar-refractivity contribution < 1.29 is 9.94 Å². The lowest BCUT2D eigenvalue weighted by molar-refractivity contribution is 0.292. The molecular formula is C12H11NO2. The second-order valence-electron chi connectivity index (χ2n) is 3.29. The molecule has 0 unspecified atom stereocenters. The van der Waals surface area contributed by atoms with Gasteiger partial charge in [0.2, 0.25) is 5.90 Å². The van der Waals surface area contributed by atoms with Gasteiger partial charge in [0.25, 0.3) is 0 Å². The molecule has 0 aliphatic heterocycles. The maximum atomic E-state index is 8.45. The standard InChI is InChI=1S/C12H11NO2/c1-8(15-9(2)13-14)12-7-10-5-3-4-6-11(10)12/h3-7,14H,1H2,2H3/b13-9-. The van der Waals surface area contributed by atoms with E-state index in [1.165, 1.54) is 5.22 Å². The Hall–Kier alpha value is -2.03. The molecule has 1 aromatic rings. The summed E-state index contributed by atoms with van der Waals surface area (Å²) in [5.41, 5.74) is 0.952. The first kappa shape index (κ1) is 9.52. The third-order valence-electron chi connectivity index (χ3n) is 2.26. The summed E-state index contributed by atoms with van der Waals surface area (Å²) >= 11 is 0. The average molecular weight is 201 g/mol. The van der Waals surface area contributed by atoms with Gasteiger partial charge in [-0.15, -0.1) is 0 Å². The molecule has 0 spiro atoms. The van der Waals surface area contributed by atoms with Crippen molar-refractivity contribution in [2.24, 2.45) is 5.16 Å². The fourth-order valence-electron chi connectivity index (χ4n) is 1.51. The van der Waals surface area contributed by atoms with E-state index in [4.69, 9.17) is 9.94 Å². The molecule has 0 aromatic heterocycles. The predicted octanol–water partition coefficient (Wildman–Crippen LogP) is 0.969. The normalized spacial score (nSPS) is 13.7. The van der Waals surface area contributed by atoms with Crippen LogP contribution in [0, 0.1) is 0 Å². The second kappa shape index (κ2) is 3.61. The van der Waals surface area contributed by atoms with Crippen molar-refractivity contribution in [3.63, 3.8) is 0 Å². The van der Waals surface area contributed by atoms with Crippen LogP contribution >= 0.6 is 0 Å². The predicted molar refractivity (Wildman–Crippen MR) is 58.7 cm³/mol. The number of nitrogens with zero attached hydrogens (tertiary/aromatic N) is 1. The lowest BCUT2D eigenvalue weighted by Gasteiger charge is -2.13. The largest absolute Gasteiger partial charge is 0.440 e. The molecule has 0 atom stereocenters. The van der Waals surface area contributed by atoms with Crippen molar-refractivity contribution in [3.8, 4) is 0 Å². The molecule has 0 bridgehead atoms. The summed E-state index contributed by atoms with van der Waals surface area (Å²) in [6.07, 6.45) is 1.99. The van der Waals surface area contributed by atoms with Crippen molar-refractivity contribution >= 4 is 17.5 Å². The summed E-state index contributed by atoms with van der Waals surface area (Å²) in [5, 5.41) is 13.7. The minimum absolute atomic E-state index is 0.185. The number of hydrogen-bond donors (Lipinski definition) is 1. The van der Waals surface area contributed by atoms with E-state index >= 15 is 0 Å². The molecule has 1 aliphatic carbocycles. The Kier molecular flexibility index (Phi) is 2.29. The number of fused-ring (bicyclic) bond motifs is 1. The molecule has 0 heterocycles. The number of benzene rings is 1. The first-order valence-corrected chi connectivity index (χ1v) is 4.59. The highest BCUT2D eigenvalue weighted by atomic mass is 16.5. The summed E-state index contributed by atoms with van der Waals surface area (Å²) < 4.78 is 5.20. The molecule has 1 N–H and O–H groups in total. The highest BCUT2D eigenvalue weighted by Crippen LogP contribution is 2.13. The minimum atomic E-state index is 0.185. The molecule has 0 saturated heterocycles. The van der Waals surface area contributed by atoms with Gasteiger partial charge in [0, 0.05) is 12.5 Å². The smallest absolute Gasteiger partial charge is 0.227 e. The van der Waals surface area contributed by atoms with Crippen LogP contribution in [-0.4, -0.2) is 11.1 Å². The Labute approximate surface area is 87.3 Å². The number of hydrogen-bond acceptors (Lipinski definition) is 3. The van der Waals surface area contributed by atoms with Gasteiger partial charge in [-0.3, -0.25) is 0 Å². The van der Waals surface area contributed by atoms with Crippen LogP contribution in [-0.2, 0) is 4.74 Å². The summed E-state index contributed by atoms with van der Waals surface area (Å²) in [5.74, 6) is 0.689. The van der Waals surface area contributed by atoms with Gasteiger partial charge in [-0.1, -0.05) is 36.0 Å². The average Bonchev–Trinajstić information content (AvgIpc) is 2.19. The quantitative estimate of drug-likeness (QED) is 0.255. The highest BCUT2D eigenvalue weighted by Gasteiger charge is 2.10. The Morgan fingerprint density at radius 2 is 2.13 bits per heavy atom. The van der Waals surface area contributed by atoms with Crippen molar-refractivity contribution in [2.45, 2.75) is 6.92 Å². The maximum absolute atomic E-state index is 8.45. The molecule has 1 aromatic carbocycles. The lowest BCUT2D eigenvalue weighted by atomic mass is 9.99. The molecule has 1 aliphatic rings. The Balaban J connectivity index is 2.29. The number of allylic oxidation sites excluding steroid dienone is 1. The topological polar surface area (TPSA) is 41.8 Å². The zero-order valence-electron chi connectivity index (χ0n) is 8.40. The summed E-state index contributed by atoms with van der Waals surface area (Å²) in [4.78, 5) is 0. The van der Waals surface area contributed by atoms with Crippen LogP contribution in [0.2, 0.25) is 0 Å². The van der Waals surface area contributed by atoms with Crippen LogP contribution in [0.5, 0.6) is 0 Å². The first-order valence-electron chi connectivity index (χ1n) is 4.59. The molecule has 15 heavy (non-hydrogen) atoms. The van der Waals surface area contributed by atoms with E-state index in [1.807, 2.05) is 30.3 Å². The van der Waals surface area contributed by atoms with Gasteiger partial charge in [0.05, 0.1) is 0 Å². The minimum Gasteiger partial charge on any atom is -0.440 e. The zero-order valence-corrected chi connectivity index (χ0v) is 8.40. The monoisotopic (exact) mass is 201 g/mol. The van der Waals surface area contributed by atoms with E-state index in [0.717, 1.165) is 10.8 Å². The van der Waals surface area contributed by atoms with E-state index in [9.17, 15) is 0 Å². The SMILES string of the molecule is C=C(O/C(C)=N\O)C1=c2ccccc2=C1. The summed E-state index contributed by atoms with van der Waals surface area (Å²) in [7, 11) is 0. The van der Waals surface area contributed by atoms with Crippen molar-refractivity contribution in [3.05, 3.63) is 47.0 Å². The van der Waals surface area contributed by atoms with Crippen molar-refractivity contribution in [1.29, 1.82) is 0 Å². The third kappa shape index (κ3) is 1.64. The number of oxime groups is 1. The molecule has 76 valence electrons. The molecule has 0 fully saturated rings. The van der Waals surface area contributed by atoms with Crippen molar-refractivity contribution in [2.75, 3.05) is 0 Å². The van der Waals surface area contributed by atoms with Crippen LogP contribution in [0.3, 0.4) is 0 Å².